The molecule has 2 heterocycles. The molecule has 0 bridgehead atoms. The van der Waals surface area contributed by atoms with Crippen molar-refractivity contribution < 1.29 is 19.4 Å². The van der Waals surface area contributed by atoms with Crippen molar-refractivity contribution >= 4 is 5.97 Å². The minimum absolute atomic E-state index is 0.308. The monoisotopic (exact) mass is 303 g/mol. The Bertz CT molecular complexity index is 602. The van der Waals surface area contributed by atoms with Gasteiger partial charge in [-0.05, 0) is 36.5 Å². The van der Waals surface area contributed by atoms with Crippen LogP contribution in [-0.4, -0.2) is 42.3 Å². The van der Waals surface area contributed by atoms with Gasteiger partial charge in [0, 0.05) is 19.6 Å². The second-order valence-electron chi connectivity index (χ2n) is 6.70. The van der Waals surface area contributed by atoms with E-state index in [0.717, 1.165) is 49.4 Å². The molecule has 4 rings (SSSR count). The minimum atomic E-state index is -0.611. The van der Waals surface area contributed by atoms with E-state index in [1.807, 2.05) is 12.1 Å². The van der Waals surface area contributed by atoms with Crippen LogP contribution < -0.4 is 9.47 Å². The zero-order chi connectivity index (χ0) is 15.2. The molecule has 0 aromatic heterocycles. The number of hydrogen-bond acceptors (Lipinski definition) is 4. The van der Waals surface area contributed by atoms with Gasteiger partial charge < -0.3 is 14.6 Å². The van der Waals surface area contributed by atoms with E-state index in [4.69, 9.17) is 9.47 Å². The van der Waals surface area contributed by atoms with Crippen LogP contribution >= 0.6 is 0 Å². The number of hydrogen-bond donors (Lipinski definition) is 1. The summed E-state index contributed by atoms with van der Waals surface area (Å²) in [5, 5.41) is 9.65. The number of carbonyl (C=O) groups is 1. The van der Waals surface area contributed by atoms with Crippen molar-refractivity contribution in [2.75, 3.05) is 26.3 Å². The molecule has 0 amide bonds. The minimum Gasteiger partial charge on any atom is -0.486 e. The SMILES string of the molecule is O=C(O)[C@@]12CCC[C@H]1CN(Cc1ccc3c(c1)OCCO3)C2. The molecule has 5 heteroatoms. The molecule has 1 aromatic carbocycles. The summed E-state index contributed by atoms with van der Waals surface area (Å²) in [4.78, 5) is 14.0. The molecule has 0 radical (unpaired) electrons. The molecule has 1 aromatic rings. The Morgan fingerprint density at radius 1 is 1.32 bits per heavy atom. The van der Waals surface area contributed by atoms with Crippen LogP contribution in [0.1, 0.15) is 24.8 Å². The van der Waals surface area contributed by atoms with Crippen LogP contribution in [0.15, 0.2) is 18.2 Å². The average molecular weight is 303 g/mol. The Kier molecular flexibility index (Phi) is 3.26. The fourth-order valence-corrected chi connectivity index (χ4v) is 4.31. The maximum absolute atomic E-state index is 11.7. The van der Waals surface area contributed by atoms with Crippen molar-refractivity contribution in [1.82, 2.24) is 4.90 Å². The van der Waals surface area contributed by atoms with E-state index >= 15 is 0 Å². The van der Waals surface area contributed by atoms with E-state index < -0.39 is 11.4 Å². The topological polar surface area (TPSA) is 59.0 Å². The molecule has 118 valence electrons. The molecule has 5 nitrogen and oxygen atoms in total. The third kappa shape index (κ3) is 2.15. The van der Waals surface area contributed by atoms with Crippen molar-refractivity contribution in [3.63, 3.8) is 0 Å². The number of ether oxygens (including phenoxy) is 2. The fourth-order valence-electron chi connectivity index (χ4n) is 4.31. The van der Waals surface area contributed by atoms with Gasteiger partial charge in [-0.25, -0.2) is 0 Å². The molecule has 0 spiro atoms. The fraction of sp³-hybridized carbons (Fsp3) is 0.588. The van der Waals surface area contributed by atoms with E-state index in [9.17, 15) is 9.90 Å². The molecule has 2 atom stereocenters. The van der Waals surface area contributed by atoms with Gasteiger partial charge in [0.1, 0.15) is 13.2 Å². The summed E-state index contributed by atoms with van der Waals surface area (Å²) in [5.74, 6) is 1.30. The molecule has 1 saturated carbocycles. The summed E-state index contributed by atoms with van der Waals surface area (Å²) in [6, 6.07) is 6.03. The van der Waals surface area contributed by atoms with Crippen LogP contribution in [0, 0.1) is 11.3 Å². The lowest BCUT2D eigenvalue weighted by Gasteiger charge is -2.24. The molecule has 1 aliphatic carbocycles. The van der Waals surface area contributed by atoms with Gasteiger partial charge >= 0.3 is 5.97 Å². The van der Waals surface area contributed by atoms with E-state index in [0.29, 0.717) is 25.7 Å². The number of fused-ring (bicyclic) bond motifs is 2. The van der Waals surface area contributed by atoms with Gasteiger partial charge in [0.05, 0.1) is 5.41 Å². The normalized spacial score (nSPS) is 30.3. The lowest BCUT2D eigenvalue weighted by Crippen LogP contribution is -2.35. The lowest BCUT2D eigenvalue weighted by molar-refractivity contribution is -0.149. The molecule has 2 fully saturated rings. The van der Waals surface area contributed by atoms with Crippen LogP contribution in [0.25, 0.3) is 0 Å². The maximum Gasteiger partial charge on any atom is 0.311 e. The first kappa shape index (κ1) is 13.9. The van der Waals surface area contributed by atoms with Crippen molar-refractivity contribution in [1.29, 1.82) is 0 Å². The lowest BCUT2D eigenvalue weighted by atomic mass is 9.81. The molecule has 3 aliphatic rings. The second-order valence-corrected chi connectivity index (χ2v) is 6.70. The Hall–Kier alpha value is -1.75. The zero-order valence-electron chi connectivity index (χ0n) is 12.6. The Labute approximate surface area is 129 Å². The number of benzene rings is 1. The molecule has 1 saturated heterocycles. The van der Waals surface area contributed by atoms with E-state index in [1.165, 1.54) is 0 Å². The summed E-state index contributed by atoms with van der Waals surface area (Å²) >= 11 is 0. The second kappa shape index (κ2) is 5.16. The molecular weight excluding hydrogens is 282 g/mol. The van der Waals surface area contributed by atoms with Crippen LogP contribution in [0.5, 0.6) is 11.5 Å². The van der Waals surface area contributed by atoms with Crippen molar-refractivity contribution in [3.05, 3.63) is 23.8 Å². The first-order valence-electron chi connectivity index (χ1n) is 8.02. The molecular formula is C17H21NO4. The Morgan fingerprint density at radius 3 is 2.91 bits per heavy atom. The summed E-state index contributed by atoms with van der Waals surface area (Å²) < 4.78 is 11.2. The van der Waals surface area contributed by atoms with E-state index in [1.54, 1.807) is 0 Å². The van der Waals surface area contributed by atoms with Gasteiger partial charge in [-0.2, -0.15) is 0 Å². The first-order chi connectivity index (χ1) is 10.7. The number of aliphatic carboxylic acids is 1. The van der Waals surface area contributed by atoms with Crippen molar-refractivity contribution in [3.8, 4) is 11.5 Å². The van der Waals surface area contributed by atoms with Gasteiger partial charge in [0.25, 0.3) is 0 Å². The number of carboxylic acid groups (broad SMARTS) is 1. The molecule has 1 N–H and O–H groups in total. The highest BCUT2D eigenvalue weighted by Gasteiger charge is 2.54. The van der Waals surface area contributed by atoms with Crippen molar-refractivity contribution in [2.45, 2.75) is 25.8 Å². The van der Waals surface area contributed by atoms with Crippen molar-refractivity contribution in [2.24, 2.45) is 11.3 Å². The predicted molar refractivity (Wildman–Crippen MR) is 80.1 cm³/mol. The van der Waals surface area contributed by atoms with E-state index in [2.05, 4.69) is 11.0 Å². The standard InChI is InChI=1S/C17H21NO4/c19-16(20)17-5-1-2-13(17)10-18(11-17)9-12-3-4-14-15(8-12)22-7-6-21-14/h3-4,8,13H,1-2,5-7,9-11H2,(H,19,20)/t13-,17+/m0/s1. The van der Waals surface area contributed by atoms with Gasteiger partial charge in [-0.1, -0.05) is 12.5 Å². The highest BCUT2D eigenvalue weighted by atomic mass is 16.6. The van der Waals surface area contributed by atoms with Gasteiger partial charge in [0.15, 0.2) is 11.5 Å². The molecule has 0 unspecified atom stereocenters. The highest BCUT2D eigenvalue weighted by molar-refractivity contribution is 5.76. The van der Waals surface area contributed by atoms with Crippen LogP contribution in [0.4, 0.5) is 0 Å². The third-order valence-corrected chi connectivity index (χ3v) is 5.38. The third-order valence-electron chi connectivity index (χ3n) is 5.38. The van der Waals surface area contributed by atoms with E-state index in [-0.39, 0.29) is 0 Å². The Balaban J connectivity index is 1.50. The Morgan fingerprint density at radius 2 is 2.14 bits per heavy atom. The van der Waals surface area contributed by atoms with Gasteiger partial charge in [-0.3, -0.25) is 9.69 Å². The van der Waals surface area contributed by atoms with Crippen LogP contribution in [0.3, 0.4) is 0 Å². The summed E-state index contributed by atoms with van der Waals surface area (Å²) in [5.41, 5.74) is 0.651. The predicted octanol–water partition coefficient (Wildman–Crippen LogP) is 2.14. The number of likely N-dealkylation sites (tertiary alicyclic amines) is 1. The molecule has 22 heavy (non-hydrogen) atoms. The largest absolute Gasteiger partial charge is 0.486 e. The first-order valence-corrected chi connectivity index (χ1v) is 8.02. The number of rotatable bonds is 3. The van der Waals surface area contributed by atoms with Crippen LogP contribution in [-0.2, 0) is 11.3 Å². The van der Waals surface area contributed by atoms with Gasteiger partial charge in [-0.15, -0.1) is 0 Å². The summed E-state index contributed by atoms with van der Waals surface area (Å²) in [6.07, 6.45) is 2.92. The maximum atomic E-state index is 11.7. The quantitative estimate of drug-likeness (QED) is 0.927. The van der Waals surface area contributed by atoms with Crippen LogP contribution in [0.2, 0.25) is 0 Å². The molecule has 2 aliphatic heterocycles. The number of nitrogens with zero attached hydrogens (tertiary/aromatic N) is 1. The zero-order valence-corrected chi connectivity index (χ0v) is 12.6. The highest BCUT2D eigenvalue weighted by Crippen LogP contribution is 2.49. The average Bonchev–Trinajstić information content (AvgIpc) is 3.05. The summed E-state index contributed by atoms with van der Waals surface area (Å²) in [6.45, 7) is 3.52. The number of carboxylic acids is 1. The smallest absolute Gasteiger partial charge is 0.311 e. The summed E-state index contributed by atoms with van der Waals surface area (Å²) in [7, 11) is 0. The van der Waals surface area contributed by atoms with Gasteiger partial charge in [0.2, 0.25) is 0 Å².